The van der Waals surface area contributed by atoms with E-state index in [9.17, 15) is 18.0 Å². The van der Waals surface area contributed by atoms with Gasteiger partial charge in [0.25, 0.3) is 15.9 Å². The summed E-state index contributed by atoms with van der Waals surface area (Å²) in [6.45, 7) is 11.6. The van der Waals surface area contributed by atoms with Crippen molar-refractivity contribution in [3.05, 3.63) is 28.8 Å². The molecule has 1 atom stereocenters. The number of aryl methyl sites for hydroxylation is 3. The predicted molar refractivity (Wildman–Crippen MR) is 94.8 cm³/mol. The van der Waals surface area contributed by atoms with E-state index in [-0.39, 0.29) is 4.90 Å². The standard InChI is InChI=1S/C17H26N2O5S/c1-10-8-11(2)14(12(3)9-10)25(22,23)19-15(20)13(4)18-16(21)24-17(5,6)7/h8-9,13H,1-7H3,(H,18,21)(H,19,20)/t13-/m0/s1. The van der Waals surface area contributed by atoms with Crippen molar-refractivity contribution < 1.29 is 22.7 Å². The molecule has 0 aliphatic carbocycles. The smallest absolute Gasteiger partial charge is 0.408 e. The Labute approximate surface area is 149 Å². The number of sulfonamides is 1. The van der Waals surface area contributed by atoms with E-state index in [1.165, 1.54) is 6.92 Å². The Bertz CT molecular complexity index is 756. The third kappa shape index (κ3) is 6.04. The van der Waals surface area contributed by atoms with Gasteiger partial charge >= 0.3 is 6.09 Å². The fourth-order valence-electron chi connectivity index (χ4n) is 2.41. The molecular formula is C17H26N2O5S. The van der Waals surface area contributed by atoms with Crippen molar-refractivity contribution in [3.63, 3.8) is 0 Å². The maximum absolute atomic E-state index is 12.5. The molecule has 140 valence electrons. The Balaban J connectivity index is 2.90. The highest BCUT2D eigenvalue weighted by Gasteiger charge is 2.27. The zero-order valence-electron chi connectivity index (χ0n) is 15.7. The molecule has 2 N–H and O–H groups in total. The highest BCUT2D eigenvalue weighted by Crippen LogP contribution is 2.21. The van der Waals surface area contributed by atoms with Gasteiger partial charge in [0.1, 0.15) is 11.6 Å². The van der Waals surface area contributed by atoms with Crippen LogP contribution in [0.3, 0.4) is 0 Å². The number of hydrogen-bond donors (Lipinski definition) is 2. The summed E-state index contributed by atoms with van der Waals surface area (Å²) in [4.78, 5) is 23.9. The van der Waals surface area contributed by atoms with Gasteiger partial charge in [-0.2, -0.15) is 0 Å². The van der Waals surface area contributed by atoms with E-state index in [1.807, 2.05) is 11.6 Å². The van der Waals surface area contributed by atoms with Crippen molar-refractivity contribution in [2.24, 2.45) is 0 Å². The number of carbonyl (C=O) groups is 2. The molecule has 1 aromatic rings. The van der Waals surface area contributed by atoms with E-state index >= 15 is 0 Å². The first-order chi connectivity index (χ1) is 11.2. The Morgan fingerprint density at radius 2 is 1.56 bits per heavy atom. The summed E-state index contributed by atoms with van der Waals surface area (Å²) in [5.41, 5.74) is 1.30. The molecule has 8 heteroatoms. The zero-order chi connectivity index (χ0) is 19.6. The molecule has 0 heterocycles. The molecule has 0 bridgehead atoms. The number of carbonyl (C=O) groups excluding carboxylic acids is 2. The van der Waals surface area contributed by atoms with Crippen LogP contribution in [0.15, 0.2) is 17.0 Å². The molecule has 0 aromatic heterocycles. The monoisotopic (exact) mass is 370 g/mol. The quantitative estimate of drug-likeness (QED) is 0.847. The van der Waals surface area contributed by atoms with Crippen molar-refractivity contribution in [2.75, 3.05) is 0 Å². The van der Waals surface area contributed by atoms with Gasteiger partial charge < -0.3 is 10.1 Å². The predicted octanol–water partition coefficient (Wildman–Crippen LogP) is 2.33. The van der Waals surface area contributed by atoms with E-state index in [0.29, 0.717) is 11.1 Å². The molecule has 7 nitrogen and oxygen atoms in total. The Morgan fingerprint density at radius 3 is 2.00 bits per heavy atom. The van der Waals surface area contributed by atoms with Crippen LogP contribution >= 0.6 is 0 Å². The molecular weight excluding hydrogens is 344 g/mol. The van der Waals surface area contributed by atoms with Crippen LogP contribution in [-0.4, -0.2) is 32.1 Å². The molecule has 0 spiro atoms. The minimum Gasteiger partial charge on any atom is -0.444 e. The van der Waals surface area contributed by atoms with E-state index in [0.717, 1.165) is 5.56 Å². The first-order valence-corrected chi connectivity index (χ1v) is 9.35. The number of amides is 2. The number of alkyl carbamates (subject to hydrolysis) is 1. The Hall–Kier alpha value is -2.09. The van der Waals surface area contributed by atoms with E-state index < -0.39 is 33.7 Å². The van der Waals surface area contributed by atoms with Crippen LogP contribution in [0.25, 0.3) is 0 Å². The van der Waals surface area contributed by atoms with Gasteiger partial charge in [0.2, 0.25) is 0 Å². The third-order valence-electron chi connectivity index (χ3n) is 3.23. The molecule has 0 fully saturated rings. The van der Waals surface area contributed by atoms with Gasteiger partial charge in [-0.1, -0.05) is 17.7 Å². The lowest BCUT2D eigenvalue weighted by molar-refractivity contribution is -0.121. The summed E-state index contributed by atoms with van der Waals surface area (Å²) in [5.74, 6) is -0.842. The Kier molecular flexibility index (Phi) is 6.23. The first-order valence-electron chi connectivity index (χ1n) is 7.87. The zero-order valence-corrected chi connectivity index (χ0v) is 16.5. The van der Waals surface area contributed by atoms with Gasteiger partial charge in [-0.15, -0.1) is 0 Å². The highest BCUT2D eigenvalue weighted by molar-refractivity contribution is 7.90. The largest absolute Gasteiger partial charge is 0.444 e. The number of ether oxygens (including phenoxy) is 1. The van der Waals surface area contributed by atoms with Gasteiger partial charge in [0.05, 0.1) is 4.90 Å². The van der Waals surface area contributed by atoms with Gasteiger partial charge in [0, 0.05) is 0 Å². The molecule has 0 aliphatic rings. The van der Waals surface area contributed by atoms with Gasteiger partial charge in [-0.05, 0) is 59.6 Å². The summed E-state index contributed by atoms with van der Waals surface area (Å²) in [5, 5.41) is 2.31. The van der Waals surface area contributed by atoms with E-state index in [1.54, 1.807) is 46.8 Å². The molecule has 1 rings (SSSR count). The maximum Gasteiger partial charge on any atom is 0.408 e. The van der Waals surface area contributed by atoms with Crippen LogP contribution in [-0.2, 0) is 19.6 Å². The van der Waals surface area contributed by atoms with E-state index in [2.05, 4.69) is 5.32 Å². The average Bonchev–Trinajstić information content (AvgIpc) is 2.33. The Morgan fingerprint density at radius 1 is 1.08 bits per heavy atom. The first kappa shape index (κ1) is 21.0. The summed E-state index contributed by atoms with van der Waals surface area (Å²) < 4.78 is 32.1. The number of benzene rings is 1. The SMILES string of the molecule is Cc1cc(C)c(S(=O)(=O)NC(=O)[C@H](C)NC(=O)OC(C)(C)C)c(C)c1. The van der Waals surface area contributed by atoms with Crippen molar-refractivity contribution in [1.29, 1.82) is 0 Å². The average molecular weight is 370 g/mol. The second-order valence-electron chi connectivity index (χ2n) is 7.07. The summed E-state index contributed by atoms with van der Waals surface area (Å²) in [6, 6.07) is 2.39. The minimum atomic E-state index is -4.05. The van der Waals surface area contributed by atoms with E-state index in [4.69, 9.17) is 4.74 Å². The van der Waals surface area contributed by atoms with Gasteiger partial charge in [-0.25, -0.2) is 17.9 Å². The number of rotatable bonds is 4. The topological polar surface area (TPSA) is 102 Å². The van der Waals surface area contributed by atoms with Crippen molar-refractivity contribution in [2.45, 2.75) is 65.0 Å². The lowest BCUT2D eigenvalue weighted by Gasteiger charge is -2.22. The van der Waals surface area contributed by atoms with Gasteiger partial charge in [-0.3, -0.25) is 4.79 Å². The van der Waals surface area contributed by atoms with Crippen LogP contribution in [0, 0.1) is 20.8 Å². The molecule has 0 radical (unpaired) electrons. The lowest BCUT2D eigenvalue weighted by Crippen LogP contribution is -2.48. The van der Waals surface area contributed by atoms with Crippen molar-refractivity contribution in [3.8, 4) is 0 Å². The molecule has 1 aromatic carbocycles. The third-order valence-corrected chi connectivity index (χ3v) is 4.89. The number of hydrogen-bond acceptors (Lipinski definition) is 5. The second kappa shape index (κ2) is 7.43. The minimum absolute atomic E-state index is 0.0657. The van der Waals surface area contributed by atoms with Crippen LogP contribution in [0.5, 0.6) is 0 Å². The van der Waals surface area contributed by atoms with Crippen LogP contribution in [0.2, 0.25) is 0 Å². The van der Waals surface area contributed by atoms with Crippen LogP contribution < -0.4 is 10.0 Å². The molecule has 0 saturated heterocycles. The molecule has 0 aliphatic heterocycles. The normalized spacial score (nSPS) is 13.1. The summed E-state index contributed by atoms with van der Waals surface area (Å²) in [7, 11) is -4.05. The second-order valence-corrected chi connectivity index (χ2v) is 8.68. The lowest BCUT2D eigenvalue weighted by atomic mass is 10.1. The molecule has 2 amide bonds. The van der Waals surface area contributed by atoms with Gasteiger partial charge in [0.15, 0.2) is 0 Å². The van der Waals surface area contributed by atoms with Crippen LogP contribution in [0.1, 0.15) is 44.4 Å². The fourth-order valence-corrected chi connectivity index (χ4v) is 3.92. The maximum atomic E-state index is 12.5. The highest BCUT2D eigenvalue weighted by atomic mass is 32.2. The molecule has 0 unspecified atom stereocenters. The number of nitrogens with one attached hydrogen (secondary N) is 2. The van der Waals surface area contributed by atoms with Crippen molar-refractivity contribution >= 4 is 22.0 Å². The van der Waals surface area contributed by atoms with Crippen molar-refractivity contribution in [1.82, 2.24) is 10.0 Å². The fraction of sp³-hybridized carbons (Fsp3) is 0.529. The molecule has 0 saturated carbocycles. The molecule has 25 heavy (non-hydrogen) atoms. The summed E-state index contributed by atoms with van der Waals surface area (Å²) in [6.07, 6.45) is -0.796. The summed E-state index contributed by atoms with van der Waals surface area (Å²) >= 11 is 0. The van der Waals surface area contributed by atoms with Crippen LogP contribution in [0.4, 0.5) is 4.79 Å².